The zero-order valence-corrected chi connectivity index (χ0v) is 10.3. The molecule has 4 atom stereocenters. The molecule has 0 bridgehead atoms. The highest BCUT2D eigenvalue weighted by Gasteiger charge is 2.44. The van der Waals surface area contributed by atoms with Crippen molar-refractivity contribution >= 4 is 5.97 Å². The van der Waals surface area contributed by atoms with E-state index in [0.717, 1.165) is 6.42 Å². The first kappa shape index (κ1) is 12.5. The summed E-state index contributed by atoms with van der Waals surface area (Å²) in [6.45, 7) is 9.88. The molecule has 1 heterocycles. The molecule has 3 heteroatoms. The van der Waals surface area contributed by atoms with Gasteiger partial charge in [-0.15, -0.1) is 0 Å². The lowest BCUT2D eigenvalue weighted by molar-refractivity contribution is -0.151. The van der Waals surface area contributed by atoms with Crippen molar-refractivity contribution in [3.8, 4) is 0 Å². The molecule has 0 aromatic heterocycles. The van der Waals surface area contributed by atoms with Crippen LogP contribution in [-0.2, 0) is 14.3 Å². The third kappa shape index (κ3) is 2.71. The molecule has 1 aliphatic rings. The van der Waals surface area contributed by atoms with E-state index in [-0.39, 0.29) is 24.3 Å². The van der Waals surface area contributed by atoms with Gasteiger partial charge in [-0.25, -0.2) is 0 Å². The van der Waals surface area contributed by atoms with Gasteiger partial charge < -0.3 is 9.47 Å². The molecular weight excluding hydrogens is 192 g/mol. The van der Waals surface area contributed by atoms with Crippen LogP contribution in [-0.4, -0.2) is 24.3 Å². The standard InChI is InChI=1S/C12H22O3/c1-6-10-8(4)12(14-9(5)13)11(15-10)7(2)3/h7-8,10-12H,6H2,1-5H3/t8-,10-,11+,12-/m1/s1. The van der Waals surface area contributed by atoms with Gasteiger partial charge in [0, 0.05) is 12.8 Å². The molecule has 88 valence electrons. The normalized spacial score (nSPS) is 35.9. The molecule has 15 heavy (non-hydrogen) atoms. The minimum Gasteiger partial charge on any atom is -0.459 e. The Kier molecular flexibility index (Phi) is 4.14. The smallest absolute Gasteiger partial charge is 0.303 e. The van der Waals surface area contributed by atoms with Gasteiger partial charge in [-0.05, 0) is 12.3 Å². The van der Waals surface area contributed by atoms with Gasteiger partial charge >= 0.3 is 5.97 Å². The summed E-state index contributed by atoms with van der Waals surface area (Å²) in [6.07, 6.45) is 1.17. The van der Waals surface area contributed by atoms with E-state index in [0.29, 0.717) is 11.8 Å². The van der Waals surface area contributed by atoms with Crippen LogP contribution in [0.5, 0.6) is 0 Å². The van der Waals surface area contributed by atoms with E-state index in [1.54, 1.807) is 0 Å². The van der Waals surface area contributed by atoms with E-state index < -0.39 is 0 Å². The summed E-state index contributed by atoms with van der Waals surface area (Å²) in [5, 5.41) is 0. The summed E-state index contributed by atoms with van der Waals surface area (Å²) >= 11 is 0. The summed E-state index contributed by atoms with van der Waals surface area (Å²) < 4.78 is 11.3. The molecule has 0 spiro atoms. The van der Waals surface area contributed by atoms with E-state index in [4.69, 9.17) is 9.47 Å². The predicted octanol–water partition coefficient (Wildman–Crippen LogP) is 2.39. The molecule has 1 fully saturated rings. The Morgan fingerprint density at radius 3 is 2.47 bits per heavy atom. The van der Waals surface area contributed by atoms with Gasteiger partial charge in [-0.2, -0.15) is 0 Å². The van der Waals surface area contributed by atoms with Gasteiger partial charge in [0.1, 0.15) is 6.10 Å². The lowest BCUT2D eigenvalue weighted by atomic mass is 9.92. The molecule has 1 rings (SSSR count). The van der Waals surface area contributed by atoms with Gasteiger partial charge in [-0.3, -0.25) is 4.79 Å². The van der Waals surface area contributed by atoms with Crippen molar-refractivity contribution in [2.75, 3.05) is 0 Å². The fraction of sp³-hybridized carbons (Fsp3) is 0.917. The maximum Gasteiger partial charge on any atom is 0.303 e. The molecule has 0 radical (unpaired) electrons. The van der Waals surface area contributed by atoms with Crippen LogP contribution < -0.4 is 0 Å². The fourth-order valence-corrected chi connectivity index (χ4v) is 2.28. The Hall–Kier alpha value is -0.570. The third-order valence-corrected chi connectivity index (χ3v) is 3.12. The SMILES string of the molecule is CC[C@H]1O[C@@H](C(C)C)[C@H](OC(C)=O)[C@@H]1C. The average molecular weight is 214 g/mol. The van der Waals surface area contributed by atoms with Gasteiger partial charge in [0.15, 0.2) is 0 Å². The topological polar surface area (TPSA) is 35.5 Å². The molecule has 0 aromatic rings. The maximum absolute atomic E-state index is 11.0. The zero-order chi connectivity index (χ0) is 11.6. The highest BCUT2D eigenvalue weighted by atomic mass is 16.6. The average Bonchev–Trinajstić information content (AvgIpc) is 2.43. The second kappa shape index (κ2) is 4.97. The van der Waals surface area contributed by atoms with Gasteiger partial charge in [-0.1, -0.05) is 27.7 Å². The third-order valence-electron chi connectivity index (χ3n) is 3.12. The first-order valence-corrected chi connectivity index (χ1v) is 5.80. The Morgan fingerprint density at radius 2 is 2.07 bits per heavy atom. The lowest BCUT2D eigenvalue weighted by Gasteiger charge is -2.23. The second-order valence-electron chi connectivity index (χ2n) is 4.72. The van der Waals surface area contributed by atoms with Crippen LogP contribution in [0, 0.1) is 11.8 Å². The lowest BCUT2D eigenvalue weighted by Crippen LogP contribution is -2.34. The van der Waals surface area contributed by atoms with E-state index in [2.05, 4.69) is 27.7 Å². The summed E-state index contributed by atoms with van der Waals surface area (Å²) in [7, 11) is 0. The monoisotopic (exact) mass is 214 g/mol. The van der Waals surface area contributed by atoms with Crippen molar-refractivity contribution < 1.29 is 14.3 Å². The van der Waals surface area contributed by atoms with Gasteiger partial charge in [0.2, 0.25) is 0 Å². The minimum atomic E-state index is -0.210. The number of carbonyl (C=O) groups excluding carboxylic acids is 1. The molecule has 0 unspecified atom stereocenters. The quantitative estimate of drug-likeness (QED) is 0.677. The Bertz CT molecular complexity index is 225. The fourth-order valence-electron chi connectivity index (χ4n) is 2.28. The number of ether oxygens (including phenoxy) is 2. The molecular formula is C12H22O3. The highest BCUT2D eigenvalue weighted by Crippen LogP contribution is 2.34. The van der Waals surface area contributed by atoms with Crippen molar-refractivity contribution in [2.45, 2.75) is 59.4 Å². The Balaban J connectivity index is 2.74. The molecule has 0 amide bonds. The Morgan fingerprint density at radius 1 is 1.47 bits per heavy atom. The van der Waals surface area contributed by atoms with Gasteiger partial charge in [0.05, 0.1) is 12.2 Å². The van der Waals surface area contributed by atoms with E-state index in [1.807, 2.05) is 0 Å². The number of hydrogen-bond donors (Lipinski definition) is 0. The van der Waals surface area contributed by atoms with Crippen LogP contribution in [0.2, 0.25) is 0 Å². The van der Waals surface area contributed by atoms with E-state index in [1.165, 1.54) is 6.92 Å². The first-order chi connectivity index (χ1) is 6.97. The maximum atomic E-state index is 11.0. The number of esters is 1. The van der Waals surface area contributed by atoms with Crippen molar-refractivity contribution in [2.24, 2.45) is 11.8 Å². The summed E-state index contributed by atoms with van der Waals surface area (Å²) in [5.74, 6) is 0.470. The molecule has 0 aliphatic carbocycles. The van der Waals surface area contributed by atoms with Crippen LogP contribution in [0.25, 0.3) is 0 Å². The van der Waals surface area contributed by atoms with Crippen LogP contribution >= 0.6 is 0 Å². The molecule has 0 aromatic carbocycles. The predicted molar refractivity (Wildman–Crippen MR) is 58.5 cm³/mol. The summed E-state index contributed by atoms with van der Waals surface area (Å²) in [5.41, 5.74) is 0. The highest BCUT2D eigenvalue weighted by molar-refractivity contribution is 5.66. The molecule has 3 nitrogen and oxygen atoms in total. The number of carbonyl (C=O) groups is 1. The van der Waals surface area contributed by atoms with E-state index in [9.17, 15) is 4.79 Å². The number of rotatable bonds is 3. The van der Waals surface area contributed by atoms with Crippen molar-refractivity contribution in [3.63, 3.8) is 0 Å². The van der Waals surface area contributed by atoms with Crippen molar-refractivity contribution in [1.29, 1.82) is 0 Å². The second-order valence-corrected chi connectivity index (χ2v) is 4.72. The summed E-state index contributed by atoms with van der Waals surface area (Å²) in [6, 6.07) is 0. The van der Waals surface area contributed by atoms with Crippen molar-refractivity contribution in [3.05, 3.63) is 0 Å². The molecule has 0 N–H and O–H groups in total. The largest absolute Gasteiger partial charge is 0.459 e. The van der Waals surface area contributed by atoms with Crippen LogP contribution in [0.3, 0.4) is 0 Å². The van der Waals surface area contributed by atoms with Crippen LogP contribution in [0.4, 0.5) is 0 Å². The van der Waals surface area contributed by atoms with Gasteiger partial charge in [0.25, 0.3) is 0 Å². The first-order valence-electron chi connectivity index (χ1n) is 5.80. The van der Waals surface area contributed by atoms with E-state index >= 15 is 0 Å². The minimum absolute atomic E-state index is 0.0499. The molecule has 1 saturated heterocycles. The number of hydrogen-bond acceptors (Lipinski definition) is 3. The molecule has 0 saturated carbocycles. The van der Waals surface area contributed by atoms with Crippen LogP contribution in [0.1, 0.15) is 41.0 Å². The Labute approximate surface area is 92.1 Å². The zero-order valence-electron chi connectivity index (χ0n) is 10.3. The summed E-state index contributed by atoms with van der Waals surface area (Å²) in [4.78, 5) is 11.0. The van der Waals surface area contributed by atoms with Crippen molar-refractivity contribution in [1.82, 2.24) is 0 Å². The molecule has 1 aliphatic heterocycles. The van der Waals surface area contributed by atoms with Crippen LogP contribution in [0.15, 0.2) is 0 Å².